The van der Waals surface area contributed by atoms with Crippen LogP contribution < -0.4 is 11.1 Å². The topological polar surface area (TPSA) is 157 Å². The highest BCUT2D eigenvalue weighted by molar-refractivity contribution is 6.13. The molecule has 11 nitrogen and oxygen atoms in total. The Kier molecular flexibility index (Phi) is 5.44. The third-order valence-electron chi connectivity index (χ3n) is 6.18. The molecule has 3 aromatic rings. The van der Waals surface area contributed by atoms with Gasteiger partial charge in [0.2, 0.25) is 11.8 Å². The van der Waals surface area contributed by atoms with Gasteiger partial charge in [-0.3, -0.25) is 29.3 Å². The number of hydrogen-bond acceptors (Lipinski definition) is 7. The van der Waals surface area contributed by atoms with Crippen molar-refractivity contribution in [2.75, 3.05) is 0 Å². The van der Waals surface area contributed by atoms with E-state index >= 15 is 0 Å². The second kappa shape index (κ2) is 8.60. The number of nitrogens with zero attached hydrogens (tertiary/aromatic N) is 4. The first-order valence-electron chi connectivity index (χ1n) is 10.9. The second-order valence-corrected chi connectivity index (χ2v) is 8.42. The van der Waals surface area contributed by atoms with Gasteiger partial charge in [0.1, 0.15) is 6.04 Å². The van der Waals surface area contributed by atoms with Crippen LogP contribution in [0.25, 0.3) is 0 Å². The van der Waals surface area contributed by atoms with Crippen molar-refractivity contribution in [1.29, 1.82) is 0 Å². The van der Waals surface area contributed by atoms with Gasteiger partial charge in [-0.2, -0.15) is 0 Å². The smallest absolute Gasteiger partial charge is 0.270 e. The van der Waals surface area contributed by atoms with Gasteiger partial charge < -0.3 is 10.6 Å². The van der Waals surface area contributed by atoms with E-state index in [0.717, 1.165) is 5.56 Å². The van der Waals surface area contributed by atoms with Crippen LogP contribution in [0, 0.1) is 0 Å². The minimum Gasteiger partial charge on any atom is -0.364 e. The van der Waals surface area contributed by atoms with Crippen LogP contribution in [-0.4, -0.2) is 55.3 Å². The molecule has 2 aliphatic rings. The van der Waals surface area contributed by atoms with Crippen LogP contribution in [0.4, 0.5) is 0 Å². The summed E-state index contributed by atoms with van der Waals surface area (Å²) in [6, 6.07) is 11.1. The Morgan fingerprint density at radius 3 is 2.54 bits per heavy atom. The van der Waals surface area contributed by atoms with Gasteiger partial charge in [0.05, 0.1) is 12.7 Å². The number of primary amides is 1. The summed E-state index contributed by atoms with van der Waals surface area (Å²) in [7, 11) is 0. The van der Waals surface area contributed by atoms with E-state index in [1.807, 2.05) is 0 Å². The number of aromatic nitrogens is 3. The molecule has 4 amide bonds. The van der Waals surface area contributed by atoms with Crippen LogP contribution >= 0.6 is 0 Å². The zero-order valence-electron chi connectivity index (χ0n) is 18.4. The zero-order chi connectivity index (χ0) is 24.7. The third kappa shape index (κ3) is 4.07. The number of amides is 4. The average Bonchev–Trinajstić information content (AvgIpc) is 3.44. The summed E-state index contributed by atoms with van der Waals surface area (Å²) in [6.07, 6.45) is 1.86. The number of imide groups is 1. The molecule has 1 unspecified atom stereocenters. The molecule has 1 atom stereocenters. The van der Waals surface area contributed by atoms with Gasteiger partial charge in [0, 0.05) is 29.7 Å². The molecule has 0 radical (unpaired) electrons. The molecule has 176 valence electrons. The Morgan fingerprint density at radius 1 is 1.09 bits per heavy atom. The lowest BCUT2D eigenvalue weighted by Crippen LogP contribution is -2.52. The Morgan fingerprint density at radius 2 is 1.86 bits per heavy atom. The van der Waals surface area contributed by atoms with E-state index in [1.165, 1.54) is 15.8 Å². The molecule has 1 saturated heterocycles. The number of benzene rings is 2. The van der Waals surface area contributed by atoms with Crippen LogP contribution in [0.5, 0.6) is 0 Å². The van der Waals surface area contributed by atoms with Gasteiger partial charge in [0.25, 0.3) is 11.8 Å². The molecule has 11 heteroatoms. The standard InChI is InChI=1S/C24H20N6O5/c25-22(33)18-12-29(28-27-18)10-13-4-6-14(7-5-13)21(32)15-2-1-3-16-17(15)11-30(24(16)35)19-8-9-20(31)26-23(19)34/h1-7,12,19H,8-11H2,(H2,25,33)(H,26,31,34). The predicted octanol–water partition coefficient (Wildman–Crippen LogP) is 0.417. The first-order valence-corrected chi connectivity index (χ1v) is 10.9. The fourth-order valence-corrected chi connectivity index (χ4v) is 4.39. The van der Waals surface area contributed by atoms with E-state index in [4.69, 9.17) is 5.73 Å². The Hall–Kier alpha value is -4.67. The number of rotatable bonds is 6. The molecular formula is C24H20N6O5. The number of carbonyl (C=O) groups excluding carboxylic acids is 5. The Labute approximate surface area is 198 Å². The van der Waals surface area contributed by atoms with Gasteiger partial charge in [-0.05, 0) is 23.6 Å². The molecule has 0 aliphatic carbocycles. The van der Waals surface area contributed by atoms with Crippen LogP contribution in [-0.2, 0) is 22.7 Å². The summed E-state index contributed by atoms with van der Waals surface area (Å²) in [5, 5.41) is 9.83. The first-order chi connectivity index (χ1) is 16.8. The molecule has 1 aromatic heterocycles. The molecular weight excluding hydrogens is 452 g/mol. The zero-order valence-corrected chi connectivity index (χ0v) is 18.4. The van der Waals surface area contributed by atoms with Gasteiger partial charge in [0.15, 0.2) is 11.5 Å². The van der Waals surface area contributed by atoms with Crippen LogP contribution in [0.2, 0.25) is 0 Å². The molecule has 2 aromatic carbocycles. The fraction of sp³-hybridized carbons (Fsp3) is 0.208. The normalized spacial score (nSPS) is 17.3. The fourth-order valence-electron chi connectivity index (χ4n) is 4.39. The largest absolute Gasteiger partial charge is 0.364 e. The predicted molar refractivity (Wildman–Crippen MR) is 120 cm³/mol. The van der Waals surface area contributed by atoms with Crippen LogP contribution in [0.15, 0.2) is 48.7 Å². The molecule has 0 saturated carbocycles. The van der Waals surface area contributed by atoms with Crippen molar-refractivity contribution < 1.29 is 24.0 Å². The number of nitrogens with two attached hydrogens (primary N) is 1. The number of hydrogen-bond donors (Lipinski definition) is 2. The molecule has 0 spiro atoms. The van der Waals surface area contributed by atoms with Crippen molar-refractivity contribution >= 4 is 29.4 Å². The Bertz CT molecular complexity index is 1390. The summed E-state index contributed by atoms with van der Waals surface area (Å²) >= 11 is 0. The number of ketones is 1. The minimum absolute atomic E-state index is 0.0654. The number of fused-ring (bicyclic) bond motifs is 1. The quantitative estimate of drug-likeness (QED) is 0.389. The number of piperidine rings is 1. The highest BCUT2D eigenvalue weighted by Crippen LogP contribution is 2.31. The van der Waals surface area contributed by atoms with Gasteiger partial charge in [-0.25, -0.2) is 4.68 Å². The van der Waals surface area contributed by atoms with E-state index in [-0.39, 0.29) is 42.7 Å². The summed E-state index contributed by atoms with van der Waals surface area (Å²) in [5.41, 5.74) is 7.86. The lowest BCUT2D eigenvalue weighted by molar-refractivity contribution is -0.136. The highest BCUT2D eigenvalue weighted by Gasteiger charge is 2.40. The maximum absolute atomic E-state index is 13.3. The minimum atomic E-state index is -0.748. The number of carbonyl (C=O) groups is 5. The maximum atomic E-state index is 13.3. The van der Waals surface area contributed by atoms with Crippen molar-refractivity contribution in [2.24, 2.45) is 5.73 Å². The molecule has 3 heterocycles. The van der Waals surface area contributed by atoms with E-state index in [1.54, 1.807) is 42.5 Å². The first kappa shape index (κ1) is 22.1. The monoisotopic (exact) mass is 472 g/mol. The van der Waals surface area contributed by atoms with Crippen LogP contribution in [0.3, 0.4) is 0 Å². The van der Waals surface area contributed by atoms with Crippen molar-refractivity contribution in [3.63, 3.8) is 0 Å². The van der Waals surface area contributed by atoms with Gasteiger partial charge in [-0.15, -0.1) is 5.10 Å². The molecule has 35 heavy (non-hydrogen) atoms. The maximum Gasteiger partial charge on any atom is 0.270 e. The van der Waals surface area contributed by atoms with E-state index in [0.29, 0.717) is 28.8 Å². The average molecular weight is 472 g/mol. The summed E-state index contributed by atoms with van der Waals surface area (Å²) < 4.78 is 1.47. The highest BCUT2D eigenvalue weighted by atomic mass is 16.2. The molecule has 5 rings (SSSR count). The molecule has 3 N–H and O–H groups in total. The van der Waals surface area contributed by atoms with E-state index < -0.39 is 17.9 Å². The van der Waals surface area contributed by atoms with Gasteiger partial charge >= 0.3 is 0 Å². The van der Waals surface area contributed by atoms with Crippen molar-refractivity contribution in [3.8, 4) is 0 Å². The van der Waals surface area contributed by atoms with Crippen molar-refractivity contribution in [1.82, 2.24) is 25.2 Å². The van der Waals surface area contributed by atoms with Gasteiger partial charge in [-0.1, -0.05) is 41.6 Å². The summed E-state index contributed by atoms with van der Waals surface area (Å²) in [6.45, 7) is 0.458. The van der Waals surface area contributed by atoms with Crippen molar-refractivity contribution in [2.45, 2.75) is 32.0 Å². The number of nitrogens with one attached hydrogen (secondary N) is 1. The molecule has 1 fully saturated rings. The van der Waals surface area contributed by atoms with Crippen LogP contribution in [0.1, 0.15) is 60.7 Å². The summed E-state index contributed by atoms with van der Waals surface area (Å²) in [5.74, 6) is -2.10. The lowest BCUT2D eigenvalue weighted by Gasteiger charge is -2.29. The molecule has 0 bridgehead atoms. The lowest BCUT2D eigenvalue weighted by atomic mass is 9.95. The Balaban J connectivity index is 1.35. The summed E-state index contributed by atoms with van der Waals surface area (Å²) in [4.78, 5) is 62.7. The third-order valence-corrected chi connectivity index (χ3v) is 6.18. The SMILES string of the molecule is NC(=O)c1cn(Cc2ccc(C(=O)c3cccc4c3CN(C3CCC(=O)NC3=O)C4=O)cc2)nn1. The van der Waals surface area contributed by atoms with Crippen molar-refractivity contribution in [3.05, 3.63) is 82.2 Å². The van der Waals surface area contributed by atoms with E-state index in [2.05, 4.69) is 15.6 Å². The molecule has 2 aliphatic heterocycles. The van der Waals surface area contributed by atoms with E-state index in [9.17, 15) is 24.0 Å². The second-order valence-electron chi connectivity index (χ2n) is 8.42.